The van der Waals surface area contributed by atoms with Gasteiger partial charge in [-0.05, 0) is 29.8 Å². The molecule has 0 aliphatic rings. The Morgan fingerprint density at radius 3 is 2.76 bits per heavy atom. The summed E-state index contributed by atoms with van der Waals surface area (Å²) >= 11 is 4.92. The zero-order valence-corrected chi connectivity index (χ0v) is 11.8. The fourth-order valence-corrected chi connectivity index (χ4v) is 3.70. The molecule has 0 bridgehead atoms. The number of hydrogen-bond acceptors (Lipinski definition) is 4. The number of thioether (sulfide) groups is 1. The molecule has 5 heteroatoms. The molecule has 0 saturated carbocycles. The summed E-state index contributed by atoms with van der Waals surface area (Å²) in [6.45, 7) is 2.01. The van der Waals surface area contributed by atoms with Gasteiger partial charge in [0.2, 0.25) is 5.91 Å². The quantitative estimate of drug-likeness (QED) is 0.846. The van der Waals surface area contributed by atoms with Crippen molar-refractivity contribution in [3.05, 3.63) is 39.9 Å². The minimum Gasteiger partial charge on any atom is -0.348 e. The van der Waals surface area contributed by atoms with Gasteiger partial charge in [0.15, 0.2) is 0 Å². The van der Waals surface area contributed by atoms with Crippen LogP contribution in [0.2, 0.25) is 0 Å². The number of rotatable bonds is 5. The van der Waals surface area contributed by atoms with Crippen molar-refractivity contribution in [3.8, 4) is 0 Å². The van der Waals surface area contributed by atoms with E-state index in [1.54, 1.807) is 34.4 Å². The highest BCUT2D eigenvalue weighted by Gasteiger charge is 2.10. The van der Waals surface area contributed by atoms with Gasteiger partial charge in [-0.25, -0.2) is 0 Å². The van der Waals surface area contributed by atoms with Crippen LogP contribution < -0.4 is 5.32 Å². The van der Waals surface area contributed by atoms with Crippen LogP contribution in [0.5, 0.6) is 0 Å². The van der Waals surface area contributed by atoms with E-state index in [1.165, 1.54) is 9.09 Å². The van der Waals surface area contributed by atoms with Gasteiger partial charge in [-0.3, -0.25) is 4.79 Å². The molecule has 90 valence electrons. The van der Waals surface area contributed by atoms with Gasteiger partial charge in [0, 0.05) is 4.88 Å². The van der Waals surface area contributed by atoms with Gasteiger partial charge in [0.05, 0.1) is 16.0 Å². The molecule has 0 aromatic carbocycles. The maximum absolute atomic E-state index is 11.7. The van der Waals surface area contributed by atoms with E-state index >= 15 is 0 Å². The fourth-order valence-electron chi connectivity index (χ4n) is 1.37. The summed E-state index contributed by atoms with van der Waals surface area (Å²) in [4.78, 5) is 12.9. The molecule has 0 aliphatic heterocycles. The Bertz CT molecular complexity index is 450. The maximum atomic E-state index is 11.7. The molecule has 0 unspecified atom stereocenters. The lowest BCUT2D eigenvalue weighted by Gasteiger charge is -2.11. The van der Waals surface area contributed by atoms with Crippen LogP contribution in [-0.4, -0.2) is 11.7 Å². The SMILES string of the molecule is C[C@H](NC(=O)CSc1cccs1)c1cccs1. The van der Waals surface area contributed by atoms with Crippen LogP contribution in [0.25, 0.3) is 0 Å². The Kier molecular flexibility index (Phi) is 4.65. The van der Waals surface area contributed by atoms with Crippen LogP contribution in [0, 0.1) is 0 Å². The van der Waals surface area contributed by atoms with E-state index in [1.807, 2.05) is 41.9 Å². The lowest BCUT2D eigenvalue weighted by atomic mass is 10.3. The van der Waals surface area contributed by atoms with Crippen LogP contribution >= 0.6 is 34.4 Å². The van der Waals surface area contributed by atoms with Crippen molar-refractivity contribution in [2.75, 3.05) is 5.75 Å². The largest absolute Gasteiger partial charge is 0.348 e. The van der Waals surface area contributed by atoms with E-state index in [0.717, 1.165) is 0 Å². The summed E-state index contributed by atoms with van der Waals surface area (Å²) in [5, 5.41) is 7.05. The molecule has 2 rings (SSSR count). The third-order valence-corrected chi connectivity index (χ3v) is 5.37. The van der Waals surface area contributed by atoms with Gasteiger partial charge >= 0.3 is 0 Å². The highest BCUT2D eigenvalue weighted by molar-refractivity contribution is 8.01. The molecule has 1 amide bonds. The van der Waals surface area contributed by atoms with Crippen molar-refractivity contribution in [2.45, 2.75) is 17.2 Å². The number of thiophene rings is 2. The summed E-state index contributed by atoms with van der Waals surface area (Å²) in [5.41, 5.74) is 0. The first-order chi connectivity index (χ1) is 8.25. The average Bonchev–Trinajstić information content (AvgIpc) is 2.99. The first-order valence-corrected chi connectivity index (χ1v) is 7.99. The van der Waals surface area contributed by atoms with Crippen molar-refractivity contribution in [1.82, 2.24) is 5.32 Å². The zero-order valence-electron chi connectivity index (χ0n) is 9.38. The lowest BCUT2D eigenvalue weighted by molar-refractivity contribution is -0.119. The van der Waals surface area contributed by atoms with Crippen LogP contribution in [0.3, 0.4) is 0 Å². The van der Waals surface area contributed by atoms with E-state index in [-0.39, 0.29) is 11.9 Å². The number of amides is 1. The van der Waals surface area contributed by atoms with E-state index in [4.69, 9.17) is 0 Å². The zero-order chi connectivity index (χ0) is 12.1. The van der Waals surface area contributed by atoms with Gasteiger partial charge in [0.25, 0.3) is 0 Å². The van der Waals surface area contributed by atoms with Crippen molar-refractivity contribution >= 4 is 40.3 Å². The predicted octanol–water partition coefficient (Wildman–Crippen LogP) is 3.78. The molecule has 0 fully saturated rings. The van der Waals surface area contributed by atoms with Crippen LogP contribution in [0.4, 0.5) is 0 Å². The predicted molar refractivity (Wildman–Crippen MR) is 75.9 cm³/mol. The molecule has 0 saturated heterocycles. The Morgan fingerprint density at radius 1 is 1.35 bits per heavy atom. The third kappa shape index (κ3) is 3.87. The second-order valence-corrected chi connectivity index (χ2v) is 6.73. The molecule has 2 aromatic rings. The van der Waals surface area contributed by atoms with Crippen LogP contribution in [-0.2, 0) is 4.79 Å². The Hall–Kier alpha value is -0.780. The molecular formula is C12H13NOS3. The monoisotopic (exact) mass is 283 g/mol. The minimum atomic E-state index is 0.0873. The smallest absolute Gasteiger partial charge is 0.230 e. The lowest BCUT2D eigenvalue weighted by Crippen LogP contribution is -2.27. The standard InChI is InChI=1S/C12H13NOS3/c1-9(10-4-2-6-15-10)13-11(14)8-17-12-5-3-7-16-12/h2-7,9H,8H2,1H3,(H,13,14)/t9-/m0/s1. The Balaban J connectivity index is 1.77. The van der Waals surface area contributed by atoms with Gasteiger partial charge < -0.3 is 5.32 Å². The van der Waals surface area contributed by atoms with Crippen molar-refractivity contribution in [3.63, 3.8) is 0 Å². The number of carbonyl (C=O) groups is 1. The molecule has 2 heterocycles. The van der Waals surface area contributed by atoms with E-state index in [0.29, 0.717) is 5.75 Å². The Labute approximate surface area is 113 Å². The average molecular weight is 283 g/mol. The summed E-state index contributed by atoms with van der Waals surface area (Å²) in [6, 6.07) is 8.18. The minimum absolute atomic E-state index is 0.0873. The second kappa shape index (κ2) is 6.23. The maximum Gasteiger partial charge on any atom is 0.230 e. The Morgan fingerprint density at radius 2 is 2.12 bits per heavy atom. The van der Waals surface area contributed by atoms with Crippen molar-refractivity contribution in [1.29, 1.82) is 0 Å². The van der Waals surface area contributed by atoms with E-state index in [2.05, 4.69) is 5.32 Å². The first-order valence-electron chi connectivity index (χ1n) is 5.25. The molecule has 1 N–H and O–H groups in total. The molecular weight excluding hydrogens is 270 g/mol. The molecule has 0 radical (unpaired) electrons. The summed E-state index contributed by atoms with van der Waals surface area (Å²) in [6.07, 6.45) is 0. The topological polar surface area (TPSA) is 29.1 Å². The summed E-state index contributed by atoms with van der Waals surface area (Å²) in [7, 11) is 0. The number of carbonyl (C=O) groups excluding carboxylic acids is 1. The molecule has 0 aliphatic carbocycles. The van der Waals surface area contributed by atoms with Crippen molar-refractivity contribution < 1.29 is 4.79 Å². The molecule has 2 aromatic heterocycles. The highest BCUT2D eigenvalue weighted by Crippen LogP contribution is 2.23. The summed E-state index contributed by atoms with van der Waals surface area (Å²) in [5.74, 6) is 0.570. The fraction of sp³-hybridized carbons (Fsp3) is 0.250. The van der Waals surface area contributed by atoms with Gasteiger partial charge in [0.1, 0.15) is 0 Å². The third-order valence-electron chi connectivity index (χ3n) is 2.19. The normalized spacial score (nSPS) is 12.3. The number of hydrogen-bond donors (Lipinski definition) is 1. The molecule has 2 nitrogen and oxygen atoms in total. The molecule has 0 spiro atoms. The van der Waals surface area contributed by atoms with Gasteiger partial charge in [-0.15, -0.1) is 34.4 Å². The number of nitrogens with one attached hydrogen (secondary N) is 1. The molecule has 17 heavy (non-hydrogen) atoms. The van der Waals surface area contributed by atoms with E-state index < -0.39 is 0 Å². The van der Waals surface area contributed by atoms with Gasteiger partial charge in [-0.1, -0.05) is 12.1 Å². The summed E-state index contributed by atoms with van der Waals surface area (Å²) < 4.78 is 1.18. The van der Waals surface area contributed by atoms with E-state index in [9.17, 15) is 4.79 Å². The van der Waals surface area contributed by atoms with Crippen LogP contribution in [0.15, 0.2) is 39.2 Å². The first kappa shape index (κ1) is 12.7. The van der Waals surface area contributed by atoms with Gasteiger partial charge in [-0.2, -0.15) is 0 Å². The molecule has 1 atom stereocenters. The van der Waals surface area contributed by atoms with Crippen LogP contribution in [0.1, 0.15) is 17.8 Å². The highest BCUT2D eigenvalue weighted by atomic mass is 32.2. The second-order valence-electron chi connectivity index (χ2n) is 3.53. The van der Waals surface area contributed by atoms with Crippen molar-refractivity contribution in [2.24, 2.45) is 0 Å².